The van der Waals surface area contributed by atoms with Gasteiger partial charge in [-0.25, -0.2) is 9.37 Å². The lowest BCUT2D eigenvalue weighted by Crippen LogP contribution is -2.54. The van der Waals surface area contributed by atoms with Crippen LogP contribution in [0.15, 0.2) is 42.6 Å². The van der Waals surface area contributed by atoms with Crippen LogP contribution >= 0.6 is 11.6 Å². The van der Waals surface area contributed by atoms with E-state index in [4.69, 9.17) is 11.6 Å². The molecule has 148 valence electrons. The van der Waals surface area contributed by atoms with E-state index in [2.05, 4.69) is 15.2 Å². The van der Waals surface area contributed by atoms with E-state index in [1.54, 1.807) is 18.0 Å². The Bertz CT molecular complexity index is 821. The van der Waals surface area contributed by atoms with E-state index in [1.807, 2.05) is 18.2 Å². The maximum absolute atomic E-state index is 13.8. The number of piperazine rings is 1. The summed E-state index contributed by atoms with van der Waals surface area (Å²) in [5, 5.41) is 2.84. The summed E-state index contributed by atoms with van der Waals surface area (Å²) in [4.78, 5) is 33.0. The second kappa shape index (κ2) is 9.01. The van der Waals surface area contributed by atoms with E-state index in [-0.39, 0.29) is 22.9 Å². The highest BCUT2D eigenvalue weighted by Crippen LogP contribution is 2.19. The van der Waals surface area contributed by atoms with Crippen molar-refractivity contribution < 1.29 is 14.0 Å². The monoisotopic (exact) mass is 404 g/mol. The molecule has 1 aromatic heterocycles. The van der Waals surface area contributed by atoms with Crippen molar-refractivity contribution in [2.75, 3.05) is 31.1 Å². The smallest absolute Gasteiger partial charge is 0.244 e. The van der Waals surface area contributed by atoms with Crippen LogP contribution < -0.4 is 10.2 Å². The summed E-state index contributed by atoms with van der Waals surface area (Å²) < 4.78 is 13.8. The van der Waals surface area contributed by atoms with Gasteiger partial charge in [0.2, 0.25) is 11.8 Å². The lowest BCUT2D eigenvalue weighted by atomic mass is 10.1. The van der Waals surface area contributed by atoms with Crippen LogP contribution in [0.4, 0.5) is 10.2 Å². The predicted molar refractivity (Wildman–Crippen MR) is 106 cm³/mol. The topological polar surface area (TPSA) is 65.5 Å². The molecule has 0 spiro atoms. The average Bonchev–Trinajstić information content (AvgIpc) is 2.71. The van der Waals surface area contributed by atoms with E-state index in [0.29, 0.717) is 26.2 Å². The van der Waals surface area contributed by atoms with Crippen LogP contribution in [-0.2, 0) is 16.0 Å². The summed E-state index contributed by atoms with van der Waals surface area (Å²) >= 11 is 5.95. The number of pyridine rings is 1. The maximum atomic E-state index is 13.8. The number of aromatic nitrogens is 1. The first-order chi connectivity index (χ1) is 13.5. The number of halogens is 2. The first kappa shape index (κ1) is 20.1. The Morgan fingerprint density at radius 2 is 1.93 bits per heavy atom. The second-order valence-corrected chi connectivity index (χ2v) is 7.07. The number of nitrogens with one attached hydrogen (secondary N) is 1. The van der Waals surface area contributed by atoms with E-state index < -0.39 is 17.8 Å². The fraction of sp³-hybridized carbons (Fsp3) is 0.350. The van der Waals surface area contributed by atoms with Crippen LogP contribution in [-0.4, -0.2) is 53.9 Å². The molecule has 2 amide bonds. The third-order valence-corrected chi connectivity index (χ3v) is 5.07. The zero-order valence-corrected chi connectivity index (χ0v) is 16.3. The highest BCUT2D eigenvalue weighted by atomic mass is 35.5. The molecular weight excluding hydrogens is 383 g/mol. The number of benzene rings is 1. The number of anilines is 1. The average molecular weight is 405 g/mol. The van der Waals surface area contributed by atoms with E-state index in [1.165, 1.54) is 18.2 Å². The number of carbonyl (C=O) groups excluding carboxylic acids is 2. The van der Waals surface area contributed by atoms with Crippen molar-refractivity contribution in [2.45, 2.75) is 19.4 Å². The Hall–Kier alpha value is -2.67. The van der Waals surface area contributed by atoms with Crippen molar-refractivity contribution in [3.63, 3.8) is 0 Å². The zero-order chi connectivity index (χ0) is 20.1. The third kappa shape index (κ3) is 4.78. The van der Waals surface area contributed by atoms with Crippen LogP contribution in [0.3, 0.4) is 0 Å². The molecule has 0 saturated carbocycles. The van der Waals surface area contributed by atoms with E-state index >= 15 is 0 Å². The van der Waals surface area contributed by atoms with Crippen molar-refractivity contribution >= 4 is 29.2 Å². The van der Waals surface area contributed by atoms with Gasteiger partial charge in [0, 0.05) is 43.0 Å². The quantitative estimate of drug-likeness (QED) is 0.830. The fourth-order valence-electron chi connectivity index (χ4n) is 3.19. The lowest BCUT2D eigenvalue weighted by molar-refractivity contribution is -0.136. The van der Waals surface area contributed by atoms with Gasteiger partial charge in [0.25, 0.3) is 0 Å². The summed E-state index contributed by atoms with van der Waals surface area (Å²) in [7, 11) is 0. The lowest BCUT2D eigenvalue weighted by Gasteiger charge is -2.36. The summed E-state index contributed by atoms with van der Waals surface area (Å²) in [6.07, 6.45) is 1.53. The molecule has 6 nitrogen and oxygen atoms in total. The maximum Gasteiger partial charge on any atom is 0.244 e. The minimum atomic E-state index is -0.695. The molecule has 3 rings (SSSR count). The number of hydrogen-bond acceptors (Lipinski definition) is 4. The number of amides is 2. The molecule has 8 heteroatoms. The Labute approximate surface area is 168 Å². The van der Waals surface area contributed by atoms with Gasteiger partial charge in [-0.15, -0.1) is 0 Å². The summed E-state index contributed by atoms with van der Waals surface area (Å²) in [6.45, 7) is 4.08. The molecule has 1 aliphatic heterocycles. The van der Waals surface area contributed by atoms with Crippen LogP contribution in [0.2, 0.25) is 5.02 Å². The molecule has 28 heavy (non-hydrogen) atoms. The zero-order valence-electron chi connectivity index (χ0n) is 15.6. The molecule has 0 bridgehead atoms. The van der Waals surface area contributed by atoms with Crippen LogP contribution in [0.1, 0.15) is 12.5 Å². The van der Waals surface area contributed by atoms with Gasteiger partial charge in [0.1, 0.15) is 17.7 Å². The molecule has 2 heterocycles. The Morgan fingerprint density at radius 3 is 2.57 bits per heavy atom. The predicted octanol–water partition coefficient (Wildman–Crippen LogP) is 2.27. The molecule has 1 aliphatic rings. The SMILES string of the molecule is C[C@H](NC(=O)Cc1c(F)cccc1Cl)C(=O)N1CCN(c2ccccn2)CC1. The van der Waals surface area contributed by atoms with Crippen molar-refractivity contribution in [1.29, 1.82) is 0 Å². The molecule has 1 N–H and O–H groups in total. The van der Waals surface area contributed by atoms with Gasteiger partial charge in [-0.2, -0.15) is 0 Å². The summed E-state index contributed by atoms with van der Waals surface area (Å²) in [5.41, 5.74) is 0.130. The van der Waals surface area contributed by atoms with Crippen LogP contribution in [0.5, 0.6) is 0 Å². The highest BCUT2D eigenvalue weighted by molar-refractivity contribution is 6.31. The van der Waals surface area contributed by atoms with Crippen molar-refractivity contribution in [3.8, 4) is 0 Å². The molecule has 0 aliphatic carbocycles. The van der Waals surface area contributed by atoms with Gasteiger partial charge in [-0.3, -0.25) is 9.59 Å². The number of rotatable bonds is 5. The Kier molecular flexibility index (Phi) is 6.46. The van der Waals surface area contributed by atoms with Crippen molar-refractivity contribution in [3.05, 3.63) is 59.0 Å². The molecule has 1 atom stereocenters. The number of carbonyl (C=O) groups is 2. The number of hydrogen-bond donors (Lipinski definition) is 1. The summed E-state index contributed by atoms with van der Waals surface area (Å²) in [6, 6.07) is 9.30. The first-order valence-electron chi connectivity index (χ1n) is 9.12. The fourth-order valence-corrected chi connectivity index (χ4v) is 3.42. The molecule has 1 fully saturated rings. The number of nitrogens with zero attached hydrogens (tertiary/aromatic N) is 3. The van der Waals surface area contributed by atoms with Crippen molar-refractivity contribution in [2.24, 2.45) is 0 Å². The van der Waals surface area contributed by atoms with Gasteiger partial charge in [-0.05, 0) is 31.2 Å². The Morgan fingerprint density at radius 1 is 1.18 bits per heavy atom. The molecule has 0 unspecified atom stereocenters. The molecular formula is C20H22ClFN4O2. The van der Waals surface area contributed by atoms with Gasteiger partial charge < -0.3 is 15.1 Å². The van der Waals surface area contributed by atoms with Crippen molar-refractivity contribution in [1.82, 2.24) is 15.2 Å². The summed E-state index contributed by atoms with van der Waals surface area (Å²) in [5.74, 6) is -0.251. The molecule has 1 aromatic carbocycles. The minimum absolute atomic E-state index is 0.130. The van der Waals surface area contributed by atoms with E-state index in [0.717, 1.165) is 5.82 Å². The van der Waals surface area contributed by atoms with Crippen LogP contribution in [0.25, 0.3) is 0 Å². The van der Waals surface area contributed by atoms with E-state index in [9.17, 15) is 14.0 Å². The molecule has 2 aromatic rings. The standard InChI is InChI=1S/C20H22ClFN4O2/c1-14(24-19(27)13-15-16(21)5-4-6-17(15)22)20(28)26-11-9-25(10-12-26)18-7-2-3-8-23-18/h2-8,14H,9-13H2,1H3,(H,24,27)/t14-/m0/s1. The van der Waals surface area contributed by atoms with Gasteiger partial charge in [0.05, 0.1) is 6.42 Å². The van der Waals surface area contributed by atoms with Crippen LogP contribution in [0, 0.1) is 5.82 Å². The normalized spacial score (nSPS) is 15.2. The van der Waals surface area contributed by atoms with Gasteiger partial charge >= 0.3 is 0 Å². The second-order valence-electron chi connectivity index (χ2n) is 6.67. The van der Waals surface area contributed by atoms with Gasteiger partial charge in [0.15, 0.2) is 0 Å². The highest BCUT2D eigenvalue weighted by Gasteiger charge is 2.26. The molecule has 0 radical (unpaired) electrons. The Balaban J connectivity index is 1.51. The van der Waals surface area contributed by atoms with Gasteiger partial charge in [-0.1, -0.05) is 23.7 Å². The third-order valence-electron chi connectivity index (χ3n) is 4.71. The molecule has 1 saturated heterocycles. The minimum Gasteiger partial charge on any atom is -0.353 e. The largest absolute Gasteiger partial charge is 0.353 e. The first-order valence-corrected chi connectivity index (χ1v) is 9.50.